The average molecular weight is 486 g/mol. The number of hydrogen-bond donors (Lipinski definition) is 1. The molecule has 1 aromatic heterocycles. The Balaban J connectivity index is 1.66. The number of aliphatic carboxylic acids is 1. The minimum Gasteiger partial charge on any atom is -0.489 e. The van der Waals surface area contributed by atoms with Gasteiger partial charge in [-0.3, -0.25) is 4.79 Å². The maximum absolute atomic E-state index is 12.3. The number of rotatable bonds is 8. The smallest absolute Gasteiger partial charge is 0.489 e. The van der Waals surface area contributed by atoms with E-state index in [-0.39, 0.29) is 23.2 Å². The Labute approximate surface area is 177 Å². The fourth-order valence-corrected chi connectivity index (χ4v) is 3.28. The third-order valence-electron chi connectivity index (χ3n) is 4.10. The second kappa shape index (κ2) is 9.21. The predicted octanol–water partition coefficient (Wildman–Crippen LogP) is 5.52. The summed E-state index contributed by atoms with van der Waals surface area (Å²) in [5.41, 5.74) is 1.87. The summed E-state index contributed by atoms with van der Waals surface area (Å²) in [5, 5.41) is 13.0. The lowest BCUT2D eigenvalue weighted by molar-refractivity contribution is -0.274. The number of carboxylic acids is 1. The zero-order chi connectivity index (χ0) is 21.7. The van der Waals surface area contributed by atoms with Crippen LogP contribution in [0.5, 0.6) is 11.5 Å². The van der Waals surface area contributed by atoms with E-state index in [1.165, 1.54) is 24.5 Å². The minimum atomic E-state index is -4.77. The van der Waals surface area contributed by atoms with Gasteiger partial charge in [-0.05, 0) is 51.3 Å². The van der Waals surface area contributed by atoms with Crippen molar-refractivity contribution in [2.75, 3.05) is 0 Å². The monoisotopic (exact) mass is 485 g/mol. The number of halogens is 4. The lowest BCUT2D eigenvalue weighted by Gasteiger charge is -2.14. The molecule has 3 aromatic rings. The van der Waals surface area contributed by atoms with Crippen LogP contribution in [-0.4, -0.2) is 22.6 Å². The Morgan fingerprint density at radius 1 is 1.17 bits per heavy atom. The van der Waals surface area contributed by atoms with Crippen molar-refractivity contribution < 1.29 is 37.1 Å². The quantitative estimate of drug-likeness (QED) is 0.452. The molecule has 2 aromatic carbocycles. The zero-order valence-corrected chi connectivity index (χ0v) is 16.8. The topological polar surface area (TPSA) is 81.8 Å². The summed E-state index contributed by atoms with van der Waals surface area (Å²) in [6.07, 6.45) is -3.54. The second-order valence-electron chi connectivity index (χ2n) is 6.25. The highest BCUT2D eigenvalue weighted by Crippen LogP contribution is 2.32. The molecular formula is C20H15BrF3NO5. The highest BCUT2D eigenvalue weighted by atomic mass is 79.9. The molecule has 0 spiro atoms. The first-order valence-corrected chi connectivity index (χ1v) is 9.39. The van der Waals surface area contributed by atoms with E-state index in [2.05, 4.69) is 25.8 Å². The van der Waals surface area contributed by atoms with Crippen LogP contribution in [-0.2, 0) is 11.4 Å². The van der Waals surface area contributed by atoms with Crippen molar-refractivity contribution in [1.29, 1.82) is 0 Å². The maximum Gasteiger partial charge on any atom is 0.573 e. The van der Waals surface area contributed by atoms with Crippen LogP contribution in [0, 0.1) is 0 Å². The molecule has 0 fully saturated rings. The SMILES string of the molecule is O=C(O)C[C@@H](c1ccc(OCc2ccc(OC(F)(F)F)c(Br)c2)cc1)c1ccon1. The molecule has 0 saturated carbocycles. The van der Waals surface area contributed by atoms with Crippen LogP contribution >= 0.6 is 15.9 Å². The van der Waals surface area contributed by atoms with Crippen molar-refractivity contribution in [2.24, 2.45) is 0 Å². The van der Waals surface area contributed by atoms with Crippen LogP contribution < -0.4 is 9.47 Å². The van der Waals surface area contributed by atoms with E-state index in [4.69, 9.17) is 14.4 Å². The van der Waals surface area contributed by atoms with E-state index >= 15 is 0 Å². The van der Waals surface area contributed by atoms with E-state index in [1.807, 2.05) is 0 Å². The third-order valence-corrected chi connectivity index (χ3v) is 4.72. The van der Waals surface area contributed by atoms with Gasteiger partial charge in [0.1, 0.15) is 24.4 Å². The Hall–Kier alpha value is -3.01. The van der Waals surface area contributed by atoms with Gasteiger partial charge in [0.2, 0.25) is 0 Å². The van der Waals surface area contributed by atoms with Crippen LogP contribution in [0.15, 0.2) is 63.8 Å². The highest BCUT2D eigenvalue weighted by molar-refractivity contribution is 9.10. The molecule has 0 amide bonds. The van der Waals surface area contributed by atoms with Crippen molar-refractivity contribution in [1.82, 2.24) is 5.16 Å². The van der Waals surface area contributed by atoms with Crippen LogP contribution in [0.4, 0.5) is 13.2 Å². The Kier molecular flexibility index (Phi) is 6.66. The van der Waals surface area contributed by atoms with Crippen molar-refractivity contribution in [3.05, 3.63) is 76.1 Å². The molecule has 30 heavy (non-hydrogen) atoms. The summed E-state index contributed by atoms with van der Waals surface area (Å²) in [4.78, 5) is 11.2. The molecule has 10 heteroatoms. The Morgan fingerprint density at radius 2 is 1.90 bits per heavy atom. The van der Waals surface area contributed by atoms with Crippen molar-refractivity contribution >= 4 is 21.9 Å². The van der Waals surface area contributed by atoms with Gasteiger partial charge in [0.15, 0.2) is 0 Å². The normalized spacial score (nSPS) is 12.4. The first-order chi connectivity index (χ1) is 14.2. The van der Waals surface area contributed by atoms with Gasteiger partial charge in [-0.25, -0.2) is 0 Å². The lowest BCUT2D eigenvalue weighted by Crippen LogP contribution is -2.17. The first-order valence-electron chi connectivity index (χ1n) is 8.60. The van der Waals surface area contributed by atoms with Crippen LogP contribution in [0.3, 0.4) is 0 Å². The maximum atomic E-state index is 12.3. The number of carboxylic acid groups (broad SMARTS) is 1. The van der Waals surface area contributed by atoms with E-state index in [0.29, 0.717) is 17.0 Å². The van der Waals surface area contributed by atoms with Crippen LogP contribution in [0.25, 0.3) is 0 Å². The number of nitrogens with zero attached hydrogens (tertiary/aromatic N) is 1. The summed E-state index contributed by atoms with van der Waals surface area (Å²) in [5.74, 6) is -1.26. The van der Waals surface area contributed by atoms with E-state index in [1.54, 1.807) is 30.3 Å². The van der Waals surface area contributed by atoms with Crippen molar-refractivity contribution in [3.63, 3.8) is 0 Å². The molecule has 0 aliphatic rings. The molecule has 158 valence electrons. The van der Waals surface area contributed by atoms with Crippen LogP contribution in [0.1, 0.15) is 29.2 Å². The number of benzene rings is 2. The first kappa shape index (κ1) is 21.7. The number of hydrogen-bond acceptors (Lipinski definition) is 5. The summed E-state index contributed by atoms with van der Waals surface area (Å²) in [7, 11) is 0. The molecule has 1 N–H and O–H groups in total. The van der Waals surface area contributed by atoms with E-state index < -0.39 is 18.2 Å². The molecule has 0 bridgehead atoms. The fourth-order valence-electron chi connectivity index (χ4n) is 2.77. The molecular weight excluding hydrogens is 471 g/mol. The van der Waals surface area contributed by atoms with Crippen molar-refractivity contribution in [2.45, 2.75) is 25.3 Å². The predicted molar refractivity (Wildman–Crippen MR) is 102 cm³/mol. The lowest BCUT2D eigenvalue weighted by atomic mass is 9.92. The van der Waals surface area contributed by atoms with Gasteiger partial charge in [0.25, 0.3) is 0 Å². The van der Waals surface area contributed by atoms with Crippen LogP contribution in [0.2, 0.25) is 0 Å². The average Bonchev–Trinajstić information content (AvgIpc) is 3.20. The van der Waals surface area contributed by atoms with Gasteiger partial charge in [0, 0.05) is 12.0 Å². The molecule has 1 atom stereocenters. The number of ether oxygens (including phenoxy) is 2. The summed E-state index contributed by atoms with van der Waals surface area (Å²) in [6, 6.07) is 12.6. The van der Waals surface area contributed by atoms with Gasteiger partial charge in [-0.15, -0.1) is 13.2 Å². The Morgan fingerprint density at radius 3 is 2.47 bits per heavy atom. The molecule has 1 heterocycles. The number of alkyl halides is 3. The molecule has 3 rings (SSSR count). The van der Waals surface area contributed by atoms with Gasteiger partial charge in [-0.2, -0.15) is 0 Å². The third kappa shape index (κ3) is 5.99. The molecule has 6 nitrogen and oxygen atoms in total. The molecule has 0 aliphatic carbocycles. The van der Waals surface area contributed by atoms with Gasteiger partial charge >= 0.3 is 12.3 Å². The number of aromatic nitrogens is 1. The number of carbonyl (C=O) groups is 1. The van der Waals surface area contributed by atoms with Gasteiger partial charge in [0.05, 0.1) is 16.6 Å². The summed E-state index contributed by atoms with van der Waals surface area (Å²) in [6.45, 7) is 0.117. The Bertz CT molecular complexity index is 991. The molecule has 0 unspecified atom stereocenters. The molecule has 0 aliphatic heterocycles. The van der Waals surface area contributed by atoms with Gasteiger partial charge in [-0.1, -0.05) is 23.4 Å². The van der Waals surface area contributed by atoms with E-state index in [9.17, 15) is 18.0 Å². The minimum absolute atomic E-state index is 0.117. The zero-order valence-electron chi connectivity index (χ0n) is 15.2. The van der Waals surface area contributed by atoms with Crippen molar-refractivity contribution in [3.8, 4) is 11.5 Å². The summed E-state index contributed by atoms with van der Waals surface area (Å²) >= 11 is 3.05. The second-order valence-corrected chi connectivity index (χ2v) is 7.10. The fraction of sp³-hybridized carbons (Fsp3) is 0.200. The largest absolute Gasteiger partial charge is 0.573 e. The molecule has 0 saturated heterocycles. The summed E-state index contributed by atoms with van der Waals surface area (Å²) < 4.78 is 51.5. The standard InChI is InChI=1S/C20H15BrF3NO5/c21-16-9-12(1-6-18(16)30-20(22,23)24)11-28-14-4-2-13(3-5-14)15(10-19(26)27)17-7-8-29-25-17/h1-9,15H,10-11H2,(H,26,27)/t15-/m0/s1. The molecule has 0 radical (unpaired) electrons. The highest BCUT2D eigenvalue weighted by Gasteiger charge is 2.32. The van der Waals surface area contributed by atoms with Gasteiger partial charge < -0.3 is 19.1 Å². The van der Waals surface area contributed by atoms with E-state index in [0.717, 1.165) is 5.56 Å².